The summed E-state index contributed by atoms with van der Waals surface area (Å²) in [7, 11) is -4.68. The van der Waals surface area contributed by atoms with Crippen molar-refractivity contribution in [1.82, 2.24) is 0 Å². The molecule has 1 N–H and O–H groups in total. The Labute approximate surface area is 133 Å². The minimum Gasteiger partial charge on any atom is -0.289 e. The zero-order valence-corrected chi connectivity index (χ0v) is 12.8. The first-order valence-electron chi connectivity index (χ1n) is 6.79. The Balaban J connectivity index is 2.42. The molecule has 0 radical (unpaired) electrons. The van der Waals surface area contributed by atoms with Crippen LogP contribution in [0.25, 0.3) is 0 Å². The van der Waals surface area contributed by atoms with E-state index in [1.54, 1.807) is 12.1 Å². The van der Waals surface area contributed by atoms with Crippen molar-refractivity contribution in [3.63, 3.8) is 0 Å². The molecule has 0 saturated heterocycles. The van der Waals surface area contributed by atoms with Crippen LogP contribution in [0.15, 0.2) is 53.9 Å². The summed E-state index contributed by atoms with van der Waals surface area (Å²) in [4.78, 5) is 24.8. The molecule has 2 aromatic rings. The Morgan fingerprint density at radius 3 is 2.13 bits per heavy atom. The summed E-state index contributed by atoms with van der Waals surface area (Å²) >= 11 is 0. The van der Waals surface area contributed by atoms with Gasteiger partial charge in [0.2, 0.25) is 0 Å². The van der Waals surface area contributed by atoms with Gasteiger partial charge >= 0.3 is 0 Å². The number of hydrogen-bond donors (Lipinski definition) is 1. The van der Waals surface area contributed by atoms with Gasteiger partial charge in [0.05, 0.1) is 5.56 Å². The predicted octanol–water partition coefficient (Wildman–Crippen LogP) is 2.44. The molecular formula is C17H12O5S. The highest BCUT2D eigenvalue weighted by molar-refractivity contribution is 7.86. The van der Waals surface area contributed by atoms with E-state index in [2.05, 4.69) is 6.58 Å². The molecule has 3 rings (SSSR count). The Morgan fingerprint density at radius 1 is 0.957 bits per heavy atom. The highest BCUT2D eigenvalue weighted by Gasteiger charge is 2.35. The van der Waals surface area contributed by atoms with E-state index in [0.29, 0.717) is 0 Å². The highest BCUT2D eigenvalue weighted by Crippen LogP contribution is 2.33. The standard InChI is InChI=1S/C17H12O5S/c1-2-5-10-8-9-13-14(17(10)23(20,21)22)16(19)12-7-4-3-6-11(12)15(13)18/h2-4,6-9H,1,5H2,(H,20,21,22). The lowest BCUT2D eigenvalue weighted by atomic mass is 9.83. The first-order chi connectivity index (χ1) is 10.9. The topological polar surface area (TPSA) is 88.5 Å². The van der Waals surface area contributed by atoms with Crippen molar-refractivity contribution in [2.75, 3.05) is 0 Å². The number of carbonyl (C=O) groups excluding carboxylic acids is 2. The lowest BCUT2D eigenvalue weighted by Gasteiger charge is -2.20. The van der Waals surface area contributed by atoms with Gasteiger partial charge in [-0.15, -0.1) is 6.58 Å². The van der Waals surface area contributed by atoms with Crippen molar-refractivity contribution < 1.29 is 22.6 Å². The molecule has 0 heterocycles. The minimum absolute atomic E-state index is 0.0193. The number of fused-ring (bicyclic) bond motifs is 2. The van der Waals surface area contributed by atoms with Crippen LogP contribution in [0.2, 0.25) is 0 Å². The van der Waals surface area contributed by atoms with Crippen molar-refractivity contribution >= 4 is 21.7 Å². The fraction of sp³-hybridized carbons (Fsp3) is 0.0588. The first kappa shape index (κ1) is 15.3. The maximum Gasteiger partial charge on any atom is 0.295 e. The van der Waals surface area contributed by atoms with Gasteiger partial charge in [-0.05, 0) is 18.1 Å². The molecule has 23 heavy (non-hydrogen) atoms. The van der Waals surface area contributed by atoms with Gasteiger partial charge in [-0.3, -0.25) is 14.1 Å². The second-order valence-corrected chi connectivity index (χ2v) is 6.51. The third kappa shape index (κ3) is 2.32. The normalized spacial score (nSPS) is 13.4. The van der Waals surface area contributed by atoms with Gasteiger partial charge in [-0.2, -0.15) is 8.42 Å². The van der Waals surface area contributed by atoms with E-state index >= 15 is 0 Å². The number of benzene rings is 2. The predicted molar refractivity (Wildman–Crippen MR) is 83.5 cm³/mol. The molecule has 0 atom stereocenters. The zero-order valence-electron chi connectivity index (χ0n) is 11.9. The molecule has 5 nitrogen and oxygen atoms in total. The summed E-state index contributed by atoms with van der Waals surface area (Å²) in [6.45, 7) is 3.53. The average Bonchev–Trinajstić information content (AvgIpc) is 2.51. The summed E-state index contributed by atoms with van der Waals surface area (Å²) in [5.74, 6) is -1.03. The maximum atomic E-state index is 12.7. The summed E-state index contributed by atoms with van der Waals surface area (Å²) in [6, 6.07) is 9.04. The molecule has 0 fully saturated rings. The molecule has 0 spiro atoms. The van der Waals surface area contributed by atoms with Crippen molar-refractivity contribution in [2.24, 2.45) is 0 Å². The number of ketones is 2. The molecule has 6 heteroatoms. The lowest BCUT2D eigenvalue weighted by Crippen LogP contribution is -2.24. The molecule has 0 bridgehead atoms. The van der Waals surface area contributed by atoms with Crippen LogP contribution in [0, 0.1) is 0 Å². The average molecular weight is 328 g/mol. The monoisotopic (exact) mass is 328 g/mol. The second-order valence-electron chi connectivity index (χ2n) is 5.15. The zero-order chi connectivity index (χ0) is 16.8. The quantitative estimate of drug-likeness (QED) is 0.589. The van der Waals surface area contributed by atoms with E-state index in [9.17, 15) is 22.6 Å². The smallest absolute Gasteiger partial charge is 0.289 e. The third-order valence-electron chi connectivity index (χ3n) is 3.75. The van der Waals surface area contributed by atoms with Crippen molar-refractivity contribution in [3.8, 4) is 0 Å². The Morgan fingerprint density at radius 2 is 1.57 bits per heavy atom. The van der Waals surface area contributed by atoms with Crippen molar-refractivity contribution in [2.45, 2.75) is 11.3 Å². The van der Waals surface area contributed by atoms with E-state index in [4.69, 9.17) is 0 Å². The van der Waals surface area contributed by atoms with E-state index in [-0.39, 0.29) is 34.2 Å². The van der Waals surface area contributed by atoms with Gasteiger partial charge in [0.15, 0.2) is 11.6 Å². The number of carbonyl (C=O) groups is 2. The van der Waals surface area contributed by atoms with Gasteiger partial charge in [0.1, 0.15) is 4.90 Å². The summed E-state index contributed by atoms with van der Waals surface area (Å²) in [5.41, 5.74) is 0.292. The largest absolute Gasteiger partial charge is 0.295 e. The minimum atomic E-state index is -4.68. The van der Waals surface area contributed by atoms with E-state index in [1.807, 2.05) is 0 Å². The number of allylic oxidation sites excluding steroid dienone is 1. The van der Waals surface area contributed by atoms with Crippen LogP contribution in [0.4, 0.5) is 0 Å². The SMILES string of the molecule is C=CCc1ccc2c(c1S(=O)(=O)O)C(=O)c1ccccc1C2=O. The van der Waals surface area contributed by atoms with Crippen LogP contribution >= 0.6 is 0 Å². The maximum absolute atomic E-state index is 12.7. The number of rotatable bonds is 3. The van der Waals surface area contributed by atoms with E-state index in [0.717, 1.165) is 0 Å². The Hall–Kier alpha value is -2.57. The first-order valence-corrected chi connectivity index (χ1v) is 8.23. The molecular weight excluding hydrogens is 316 g/mol. The Kier molecular flexibility index (Phi) is 3.50. The van der Waals surface area contributed by atoms with E-state index in [1.165, 1.54) is 30.3 Å². The highest BCUT2D eigenvalue weighted by atomic mass is 32.2. The van der Waals surface area contributed by atoms with Crippen LogP contribution in [-0.4, -0.2) is 24.5 Å². The summed E-state index contributed by atoms with van der Waals surface area (Å²) in [6.07, 6.45) is 1.60. The Bertz CT molecular complexity index is 970. The van der Waals surface area contributed by atoms with Gasteiger partial charge in [-0.1, -0.05) is 36.4 Å². The molecule has 0 saturated carbocycles. The molecule has 0 amide bonds. The molecule has 116 valence electrons. The molecule has 0 unspecified atom stereocenters. The van der Waals surface area contributed by atoms with Gasteiger partial charge in [0.25, 0.3) is 10.1 Å². The van der Waals surface area contributed by atoms with Crippen molar-refractivity contribution in [1.29, 1.82) is 0 Å². The lowest BCUT2D eigenvalue weighted by molar-refractivity contribution is 0.0976. The van der Waals surface area contributed by atoms with Gasteiger partial charge in [-0.25, -0.2) is 0 Å². The molecule has 2 aromatic carbocycles. The summed E-state index contributed by atoms with van der Waals surface area (Å²) in [5, 5.41) is 0. The second kappa shape index (κ2) is 5.26. The van der Waals surface area contributed by atoms with Crippen LogP contribution in [0.5, 0.6) is 0 Å². The van der Waals surface area contributed by atoms with Crippen LogP contribution < -0.4 is 0 Å². The molecule has 0 aromatic heterocycles. The number of hydrogen-bond acceptors (Lipinski definition) is 4. The molecule has 1 aliphatic carbocycles. The van der Waals surface area contributed by atoms with Crippen LogP contribution in [0.3, 0.4) is 0 Å². The fourth-order valence-electron chi connectivity index (χ4n) is 2.81. The fourth-order valence-corrected chi connectivity index (χ4v) is 3.75. The van der Waals surface area contributed by atoms with Gasteiger partial charge < -0.3 is 0 Å². The van der Waals surface area contributed by atoms with E-state index < -0.39 is 26.6 Å². The molecule has 0 aliphatic heterocycles. The third-order valence-corrected chi connectivity index (χ3v) is 4.73. The molecule has 1 aliphatic rings. The summed E-state index contributed by atoms with van der Waals surface area (Å²) < 4.78 is 33.2. The van der Waals surface area contributed by atoms with Crippen LogP contribution in [0.1, 0.15) is 37.4 Å². The van der Waals surface area contributed by atoms with Crippen LogP contribution in [-0.2, 0) is 16.5 Å². The van der Waals surface area contributed by atoms with Gasteiger partial charge in [0, 0.05) is 16.7 Å². The van der Waals surface area contributed by atoms with Crippen molar-refractivity contribution in [3.05, 3.63) is 76.9 Å².